The van der Waals surface area contributed by atoms with Gasteiger partial charge in [0.1, 0.15) is 0 Å². The van der Waals surface area contributed by atoms with Crippen molar-refractivity contribution in [2.45, 2.75) is 36.9 Å². The summed E-state index contributed by atoms with van der Waals surface area (Å²) in [7, 11) is 0. The summed E-state index contributed by atoms with van der Waals surface area (Å²) >= 11 is 9.90. The Bertz CT molecular complexity index is 324. The lowest BCUT2D eigenvalue weighted by atomic mass is 9.85. The Morgan fingerprint density at radius 1 is 1.27 bits per heavy atom. The molecule has 0 spiro atoms. The molecule has 82 valence electrons. The first kappa shape index (κ1) is 11.5. The lowest BCUT2D eigenvalue weighted by Gasteiger charge is -2.25. The number of alkyl halides is 1. The van der Waals surface area contributed by atoms with Crippen molar-refractivity contribution in [3.8, 4) is 0 Å². The summed E-state index contributed by atoms with van der Waals surface area (Å²) in [4.78, 5) is 0.721. The van der Waals surface area contributed by atoms with Crippen LogP contribution in [-0.2, 0) is 6.42 Å². The molecule has 2 unspecified atom stereocenters. The first-order chi connectivity index (χ1) is 7.25. The number of hydrogen-bond donors (Lipinski definition) is 0. The van der Waals surface area contributed by atoms with Gasteiger partial charge in [0.15, 0.2) is 0 Å². The lowest BCUT2D eigenvalue weighted by molar-refractivity contribution is 0.368. The van der Waals surface area contributed by atoms with Crippen molar-refractivity contribution in [2.24, 2.45) is 5.92 Å². The summed E-state index contributed by atoms with van der Waals surface area (Å²) in [6, 6.07) is 8.22. The molecule has 1 aliphatic rings. The number of hydrogen-bond acceptors (Lipinski definition) is 0. The van der Waals surface area contributed by atoms with E-state index in [2.05, 4.69) is 28.1 Å². The molecule has 0 aromatic heterocycles. The van der Waals surface area contributed by atoms with E-state index in [0.29, 0.717) is 0 Å². The van der Waals surface area contributed by atoms with Crippen LogP contribution in [0.1, 0.15) is 31.2 Å². The van der Waals surface area contributed by atoms with Gasteiger partial charge in [-0.25, -0.2) is 0 Å². The summed E-state index contributed by atoms with van der Waals surface area (Å²) in [5.41, 5.74) is 1.31. The molecule has 2 heteroatoms. The Balaban J connectivity index is 1.99. The topological polar surface area (TPSA) is 0 Å². The molecule has 1 aromatic rings. The Morgan fingerprint density at radius 2 is 2.07 bits per heavy atom. The van der Waals surface area contributed by atoms with Gasteiger partial charge < -0.3 is 0 Å². The highest BCUT2D eigenvalue weighted by Gasteiger charge is 2.20. The maximum Gasteiger partial charge on any atom is 0.0438 e. The molecule has 1 aromatic carbocycles. The summed E-state index contributed by atoms with van der Waals surface area (Å²) in [6.45, 7) is 0. The van der Waals surface area contributed by atoms with Gasteiger partial charge in [-0.05, 0) is 36.8 Å². The standard InChI is InChI=1S/C13H16BrCl/c14-12-6-3-4-10(9-12)8-11-5-1-2-7-13(11)15/h1-2,5,7,10,12H,3-4,6,8-9H2. The molecule has 2 rings (SSSR count). The second-order valence-electron chi connectivity index (χ2n) is 4.43. The first-order valence-corrected chi connectivity index (χ1v) is 6.92. The molecule has 0 aliphatic heterocycles. The fourth-order valence-corrected chi connectivity index (χ4v) is 3.45. The van der Waals surface area contributed by atoms with E-state index in [1.807, 2.05) is 12.1 Å². The zero-order valence-electron chi connectivity index (χ0n) is 8.76. The number of halogens is 2. The van der Waals surface area contributed by atoms with Crippen molar-refractivity contribution in [3.05, 3.63) is 34.9 Å². The van der Waals surface area contributed by atoms with Crippen LogP contribution in [0.2, 0.25) is 5.02 Å². The SMILES string of the molecule is Clc1ccccc1CC1CCCC(Br)C1. The van der Waals surface area contributed by atoms with E-state index in [1.165, 1.54) is 31.2 Å². The van der Waals surface area contributed by atoms with Crippen molar-refractivity contribution in [2.75, 3.05) is 0 Å². The van der Waals surface area contributed by atoms with Gasteiger partial charge in [-0.1, -0.05) is 58.6 Å². The second kappa shape index (κ2) is 5.36. The summed E-state index contributed by atoms with van der Waals surface area (Å²) in [6.07, 6.45) is 6.48. The van der Waals surface area contributed by atoms with Crippen LogP contribution in [0.5, 0.6) is 0 Å². The molecule has 0 saturated heterocycles. The molecule has 1 aliphatic carbocycles. The molecule has 0 amide bonds. The van der Waals surface area contributed by atoms with E-state index in [4.69, 9.17) is 11.6 Å². The average Bonchev–Trinajstić information content (AvgIpc) is 2.22. The fraction of sp³-hybridized carbons (Fsp3) is 0.538. The van der Waals surface area contributed by atoms with E-state index in [1.54, 1.807) is 0 Å². The van der Waals surface area contributed by atoms with Gasteiger partial charge in [-0.15, -0.1) is 0 Å². The third-order valence-electron chi connectivity index (χ3n) is 3.19. The summed E-state index contributed by atoms with van der Waals surface area (Å²) in [5, 5.41) is 0.925. The van der Waals surface area contributed by atoms with E-state index in [0.717, 1.165) is 22.2 Å². The van der Waals surface area contributed by atoms with Crippen LogP contribution in [0.25, 0.3) is 0 Å². The predicted octanol–water partition coefficient (Wildman–Crippen LogP) is 4.84. The molecular weight excluding hydrogens is 271 g/mol. The van der Waals surface area contributed by atoms with E-state index >= 15 is 0 Å². The smallest absolute Gasteiger partial charge is 0.0438 e. The largest absolute Gasteiger partial charge is 0.0891 e. The molecule has 0 radical (unpaired) electrons. The predicted molar refractivity (Wildman–Crippen MR) is 69.8 cm³/mol. The summed E-state index contributed by atoms with van der Waals surface area (Å²) in [5.74, 6) is 0.808. The van der Waals surface area contributed by atoms with Gasteiger partial charge in [0.25, 0.3) is 0 Å². The molecule has 1 fully saturated rings. The third kappa shape index (κ3) is 3.22. The van der Waals surface area contributed by atoms with Gasteiger partial charge in [0, 0.05) is 9.85 Å². The first-order valence-electron chi connectivity index (χ1n) is 5.63. The Kier molecular flexibility index (Phi) is 4.10. The van der Waals surface area contributed by atoms with E-state index < -0.39 is 0 Å². The van der Waals surface area contributed by atoms with Crippen LogP contribution in [0.15, 0.2) is 24.3 Å². The highest BCUT2D eigenvalue weighted by molar-refractivity contribution is 9.09. The zero-order valence-corrected chi connectivity index (χ0v) is 11.1. The van der Waals surface area contributed by atoms with Crippen molar-refractivity contribution < 1.29 is 0 Å². The Hall–Kier alpha value is -0.0100. The minimum atomic E-state index is 0.721. The van der Waals surface area contributed by atoms with Crippen LogP contribution in [0.3, 0.4) is 0 Å². The van der Waals surface area contributed by atoms with Crippen LogP contribution >= 0.6 is 27.5 Å². The quantitative estimate of drug-likeness (QED) is 0.683. The normalized spacial score (nSPS) is 26.5. The summed E-state index contributed by atoms with van der Waals surface area (Å²) < 4.78 is 0. The molecule has 0 heterocycles. The minimum Gasteiger partial charge on any atom is -0.0891 e. The Morgan fingerprint density at radius 3 is 2.80 bits per heavy atom. The van der Waals surface area contributed by atoms with Gasteiger partial charge in [-0.3, -0.25) is 0 Å². The van der Waals surface area contributed by atoms with Gasteiger partial charge in [0.05, 0.1) is 0 Å². The Labute approximate surface area is 105 Å². The molecule has 0 bridgehead atoms. The van der Waals surface area contributed by atoms with E-state index in [9.17, 15) is 0 Å². The van der Waals surface area contributed by atoms with Gasteiger partial charge in [-0.2, -0.15) is 0 Å². The van der Waals surface area contributed by atoms with Crippen LogP contribution in [-0.4, -0.2) is 4.83 Å². The van der Waals surface area contributed by atoms with E-state index in [-0.39, 0.29) is 0 Å². The molecule has 1 saturated carbocycles. The maximum absolute atomic E-state index is 6.17. The highest BCUT2D eigenvalue weighted by atomic mass is 79.9. The zero-order chi connectivity index (χ0) is 10.7. The molecule has 2 atom stereocenters. The van der Waals surface area contributed by atoms with Crippen LogP contribution in [0, 0.1) is 5.92 Å². The number of benzene rings is 1. The fourth-order valence-electron chi connectivity index (χ4n) is 2.39. The molecule has 0 N–H and O–H groups in total. The minimum absolute atomic E-state index is 0.721. The number of rotatable bonds is 2. The molecule has 15 heavy (non-hydrogen) atoms. The van der Waals surface area contributed by atoms with Crippen LogP contribution < -0.4 is 0 Å². The highest BCUT2D eigenvalue weighted by Crippen LogP contribution is 2.32. The monoisotopic (exact) mass is 286 g/mol. The lowest BCUT2D eigenvalue weighted by Crippen LogP contribution is -2.17. The molecule has 0 nitrogen and oxygen atoms in total. The average molecular weight is 288 g/mol. The maximum atomic E-state index is 6.17. The van der Waals surface area contributed by atoms with Gasteiger partial charge in [0.2, 0.25) is 0 Å². The van der Waals surface area contributed by atoms with Crippen molar-refractivity contribution >= 4 is 27.5 Å². The van der Waals surface area contributed by atoms with Crippen molar-refractivity contribution in [3.63, 3.8) is 0 Å². The third-order valence-corrected chi connectivity index (χ3v) is 4.39. The second-order valence-corrected chi connectivity index (χ2v) is 6.13. The molecular formula is C13H16BrCl. The van der Waals surface area contributed by atoms with Crippen molar-refractivity contribution in [1.29, 1.82) is 0 Å². The van der Waals surface area contributed by atoms with Crippen molar-refractivity contribution in [1.82, 2.24) is 0 Å². The van der Waals surface area contributed by atoms with Gasteiger partial charge >= 0.3 is 0 Å². The van der Waals surface area contributed by atoms with Crippen LogP contribution in [0.4, 0.5) is 0 Å².